The van der Waals surface area contributed by atoms with Gasteiger partial charge in [-0.1, -0.05) is 20.8 Å². The summed E-state index contributed by atoms with van der Waals surface area (Å²) in [4.78, 5) is 24.3. The molecule has 0 saturated heterocycles. The van der Waals surface area contributed by atoms with Gasteiger partial charge in [0.25, 0.3) is 0 Å². The molecule has 0 unspecified atom stereocenters. The van der Waals surface area contributed by atoms with E-state index in [4.69, 9.17) is 9.47 Å². The Morgan fingerprint density at radius 1 is 1.04 bits per heavy atom. The molecule has 0 heterocycles. The van der Waals surface area contributed by atoms with E-state index in [0.29, 0.717) is 22.6 Å². The van der Waals surface area contributed by atoms with Crippen LogP contribution < -0.4 is 4.74 Å². The van der Waals surface area contributed by atoms with Gasteiger partial charge in [-0.25, -0.2) is 0 Å². The fourth-order valence-electron chi connectivity index (χ4n) is 3.31. The zero-order valence-corrected chi connectivity index (χ0v) is 15.1. The van der Waals surface area contributed by atoms with Gasteiger partial charge in [-0.3, -0.25) is 9.59 Å². The van der Waals surface area contributed by atoms with Crippen molar-refractivity contribution in [3.8, 4) is 5.75 Å². The molecule has 1 aliphatic rings. The number of hydrogen-bond acceptors (Lipinski definition) is 4. The molecule has 4 heteroatoms. The van der Waals surface area contributed by atoms with Crippen molar-refractivity contribution in [3.63, 3.8) is 0 Å². The second-order valence-electron chi connectivity index (χ2n) is 7.67. The highest BCUT2D eigenvalue weighted by molar-refractivity contribution is 5.98. The molecule has 0 N–H and O–H groups in total. The molecule has 1 saturated carbocycles. The van der Waals surface area contributed by atoms with Crippen LogP contribution in [0.15, 0.2) is 24.3 Å². The summed E-state index contributed by atoms with van der Waals surface area (Å²) in [5.41, 5.74) is 0.819. The van der Waals surface area contributed by atoms with E-state index in [1.54, 1.807) is 31.4 Å². The molecule has 1 aromatic rings. The third kappa shape index (κ3) is 4.83. The first-order valence-corrected chi connectivity index (χ1v) is 8.65. The molecule has 0 aliphatic heterocycles. The van der Waals surface area contributed by atoms with E-state index < -0.39 is 0 Å². The van der Waals surface area contributed by atoms with Gasteiger partial charge in [0.2, 0.25) is 0 Å². The maximum atomic E-state index is 12.2. The fourth-order valence-corrected chi connectivity index (χ4v) is 3.31. The molecular weight excluding hydrogens is 304 g/mol. The Labute approximate surface area is 144 Å². The molecular formula is C20H28O4. The van der Waals surface area contributed by atoms with Crippen LogP contribution in [-0.2, 0) is 9.53 Å². The summed E-state index contributed by atoms with van der Waals surface area (Å²) < 4.78 is 10.3. The molecule has 0 radical (unpaired) electrons. The second kappa shape index (κ2) is 7.82. The van der Waals surface area contributed by atoms with E-state index in [0.717, 1.165) is 25.7 Å². The summed E-state index contributed by atoms with van der Waals surface area (Å²) in [6.45, 7) is 6.57. The van der Waals surface area contributed by atoms with Crippen LogP contribution in [0.4, 0.5) is 0 Å². The van der Waals surface area contributed by atoms with Gasteiger partial charge in [-0.2, -0.15) is 0 Å². The van der Waals surface area contributed by atoms with Crippen LogP contribution in [0.2, 0.25) is 0 Å². The quantitative estimate of drug-likeness (QED) is 0.597. The zero-order chi connectivity index (χ0) is 17.7. The van der Waals surface area contributed by atoms with Crippen LogP contribution in [0.25, 0.3) is 0 Å². The van der Waals surface area contributed by atoms with E-state index in [2.05, 4.69) is 20.8 Å². The normalized spacial score (nSPS) is 21.2. The van der Waals surface area contributed by atoms with Crippen molar-refractivity contribution in [3.05, 3.63) is 29.8 Å². The minimum atomic E-state index is -0.232. The molecule has 24 heavy (non-hydrogen) atoms. The molecule has 0 atom stereocenters. The summed E-state index contributed by atoms with van der Waals surface area (Å²) >= 11 is 0. The summed E-state index contributed by atoms with van der Waals surface area (Å²) in [5.74, 6) is 0.868. The van der Waals surface area contributed by atoms with E-state index in [9.17, 15) is 9.59 Å². The third-order valence-corrected chi connectivity index (χ3v) is 5.04. The SMILES string of the molecule is COc1ccc(C(=O)COC(=O)C2CCC(C(C)(C)C)CC2)cc1. The van der Waals surface area contributed by atoms with Gasteiger partial charge in [-0.15, -0.1) is 0 Å². The summed E-state index contributed by atoms with van der Waals surface area (Å²) in [6, 6.07) is 6.82. The van der Waals surface area contributed by atoms with Gasteiger partial charge in [-0.05, 0) is 61.3 Å². The number of carbonyl (C=O) groups is 2. The Hall–Kier alpha value is -1.84. The molecule has 0 bridgehead atoms. The molecule has 132 valence electrons. The lowest BCUT2D eigenvalue weighted by atomic mass is 9.70. The highest BCUT2D eigenvalue weighted by Crippen LogP contribution is 2.40. The number of ether oxygens (including phenoxy) is 2. The van der Waals surface area contributed by atoms with Crippen molar-refractivity contribution in [2.24, 2.45) is 17.3 Å². The van der Waals surface area contributed by atoms with Gasteiger partial charge in [0.15, 0.2) is 12.4 Å². The van der Waals surface area contributed by atoms with Gasteiger partial charge >= 0.3 is 5.97 Å². The summed E-state index contributed by atoms with van der Waals surface area (Å²) in [7, 11) is 1.58. The number of rotatable bonds is 5. The summed E-state index contributed by atoms with van der Waals surface area (Å²) in [6.07, 6.45) is 3.82. The fraction of sp³-hybridized carbons (Fsp3) is 0.600. The van der Waals surface area contributed by atoms with Crippen molar-refractivity contribution in [2.75, 3.05) is 13.7 Å². The lowest BCUT2D eigenvalue weighted by molar-refractivity contribution is -0.149. The number of esters is 1. The number of benzene rings is 1. The predicted octanol–water partition coefficient (Wildman–Crippen LogP) is 4.27. The molecule has 1 aromatic carbocycles. The second-order valence-corrected chi connectivity index (χ2v) is 7.67. The monoisotopic (exact) mass is 332 g/mol. The Bertz CT molecular complexity index is 560. The van der Waals surface area contributed by atoms with Crippen molar-refractivity contribution >= 4 is 11.8 Å². The highest BCUT2D eigenvalue weighted by Gasteiger charge is 2.33. The van der Waals surface area contributed by atoms with Crippen molar-refractivity contribution in [1.82, 2.24) is 0 Å². The van der Waals surface area contributed by atoms with Crippen molar-refractivity contribution in [1.29, 1.82) is 0 Å². The topological polar surface area (TPSA) is 52.6 Å². The highest BCUT2D eigenvalue weighted by atomic mass is 16.5. The van der Waals surface area contributed by atoms with E-state index in [1.807, 2.05) is 0 Å². The molecule has 1 fully saturated rings. The minimum absolute atomic E-state index is 0.0627. The molecule has 2 rings (SSSR count). The average molecular weight is 332 g/mol. The maximum absolute atomic E-state index is 12.2. The zero-order valence-electron chi connectivity index (χ0n) is 15.1. The Morgan fingerprint density at radius 3 is 2.12 bits per heavy atom. The van der Waals surface area contributed by atoms with Crippen molar-refractivity contribution < 1.29 is 19.1 Å². The Morgan fingerprint density at radius 2 is 1.62 bits per heavy atom. The number of hydrogen-bond donors (Lipinski definition) is 0. The van der Waals surface area contributed by atoms with Crippen LogP contribution in [0.5, 0.6) is 5.75 Å². The molecule has 0 amide bonds. The van der Waals surface area contributed by atoms with E-state index in [1.165, 1.54) is 0 Å². The van der Waals surface area contributed by atoms with E-state index >= 15 is 0 Å². The Kier molecular flexibility index (Phi) is 6.03. The standard InChI is InChI=1S/C20H28O4/c1-20(2,3)16-9-5-15(6-10-16)19(22)24-13-18(21)14-7-11-17(23-4)12-8-14/h7-8,11-12,15-16H,5-6,9-10,13H2,1-4H3. The molecule has 0 aromatic heterocycles. The van der Waals surface area contributed by atoms with Crippen LogP contribution in [-0.4, -0.2) is 25.5 Å². The lowest BCUT2D eigenvalue weighted by Crippen LogP contribution is -2.30. The van der Waals surface area contributed by atoms with Gasteiger partial charge in [0.05, 0.1) is 13.0 Å². The smallest absolute Gasteiger partial charge is 0.309 e. The first kappa shape index (κ1) is 18.5. The van der Waals surface area contributed by atoms with Crippen LogP contribution in [0.3, 0.4) is 0 Å². The molecule has 0 spiro atoms. The lowest BCUT2D eigenvalue weighted by Gasteiger charge is -2.36. The molecule has 4 nitrogen and oxygen atoms in total. The number of carbonyl (C=O) groups excluding carboxylic acids is 2. The number of Topliss-reactive ketones (excluding diaryl/α,β-unsaturated/α-hetero) is 1. The van der Waals surface area contributed by atoms with Gasteiger partial charge in [0.1, 0.15) is 5.75 Å². The maximum Gasteiger partial charge on any atom is 0.309 e. The number of methoxy groups -OCH3 is 1. The number of ketones is 1. The van der Waals surface area contributed by atoms with Crippen LogP contribution >= 0.6 is 0 Å². The van der Waals surface area contributed by atoms with Crippen LogP contribution in [0, 0.1) is 17.3 Å². The largest absolute Gasteiger partial charge is 0.497 e. The first-order chi connectivity index (χ1) is 11.3. The average Bonchev–Trinajstić information content (AvgIpc) is 2.58. The predicted molar refractivity (Wildman–Crippen MR) is 93.2 cm³/mol. The Balaban J connectivity index is 1.79. The van der Waals surface area contributed by atoms with E-state index in [-0.39, 0.29) is 24.3 Å². The third-order valence-electron chi connectivity index (χ3n) is 5.04. The van der Waals surface area contributed by atoms with Crippen LogP contribution in [0.1, 0.15) is 56.8 Å². The summed E-state index contributed by atoms with van der Waals surface area (Å²) in [5, 5.41) is 0. The first-order valence-electron chi connectivity index (χ1n) is 8.65. The van der Waals surface area contributed by atoms with Crippen molar-refractivity contribution in [2.45, 2.75) is 46.5 Å². The van der Waals surface area contributed by atoms with Gasteiger partial charge < -0.3 is 9.47 Å². The molecule has 1 aliphatic carbocycles. The minimum Gasteiger partial charge on any atom is -0.497 e. The van der Waals surface area contributed by atoms with Gasteiger partial charge in [0, 0.05) is 5.56 Å².